The molecule has 0 spiro atoms. The molecule has 0 saturated heterocycles. The molecule has 1 aliphatic carbocycles. The van der Waals surface area contributed by atoms with Gasteiger partial charge in [0.2, 0.25) is 0 Å². The molecule has 1 saturated carbocycles. The summed E-state index contributed by atoms with van der Waals surface area (Å²) in [6, 6.07) is 0. The van der Waals surface area contributed by atoms with Gasteiger partial charge in [-0.1, -0.05) is 19.8 Å². The number of carbonyl (C=O) groups is 1. The van der Waals surface area contributed by atoms with Crippen molar-refractivity contribution in [3.8, 4) is 0 Å². The minimum atomic E-state index is -6.80. The lowest BCUT2D eigenvalue weighted by atomic mass is 9.90. The summed E-state index contributed by atoms with van der Waals surface area (Å²) in [7, 11) is -13.6. The van der Waals surface area contributed by atoms with Crippen molar-refractivity contribution in [1.82, 2.24) is 0 Å². The van der Waals surface area contributed by atoms with Gasteiger partial charge >= 0.3 is 17.0 Å². The first-order valence-electron chi connectivity index (χ1n) is 9.12. The zero-order chi connectivity index (χ0) is 23.8. The Morgan fingerprint density at radius 2 is 1.33 bits per heavy atom. The lowest BCUT2D eigenvalue weighted by Crippen LogP contribution is -2.52. The fourth-order valence-electron chi connectivity index (χ4n) is 3.09. The normalized spacial score (nSPS) is 22.6. The van der Waals surface area contributed by atoms with E-state index in [-0.39, 0.29) is 25.7 Å². The Morgan fingerprint density at radius 3 is 1.73 bits per heavy atom. The van der Waals surface area contributed by atoms with E-state index in [4.69, 9.17) is 4.74 Å². The van der Waals surface area contributed by atoms with Gasteiger partial charge in [-0.3, -0.25) is 4.79 Å². The first-order chi connectivity index (χ1) is 13.3. The maximum atomic E-state index is 13.2. The number of ether oxygens (including phenoxy) is 1. The molecule has 0 aliphatic heterocycles. The van der Waals surface area contributed by atoms with Crippen molar-refractivity contribution >= 4 is 25.6 Å². The van der Waals surface area contributed by atoms with Crippen LogP contribution in [0.25, 0.3) is 0 Å². The van der Waals surface area contributed by atoms with Crippen molar-refractivity contribution in [3.63, 3.8) is 0 Å². The Hall–Kier alpha value is -1.05. The fraction of sp³-hybridized carbons (Fsp3) is 0.938. The van der Waals surface area contributed by atoms with Crippen LogP contribution in [-0.2, 0) is 29.2 Å². The van der Waals surface area contributed by atoms with Gasteiger partial charge in [-0.05, 0) is 39.5 Å². The third-order valence-corrected chi connectivity index (χ3v) is 10.0. The van der Waals surface area contributed by atoms with Gasteiger partial charge in [-0.15, -0.1) is 0 Å². The highest BCUT2D eigenvalue weighted by atomic mass is 32.3. The van der Waals surface area contributed by atoms with Crippen LogP contribution in [0.1, 0.15) is 59.3 Å². The van der Waals surface area contributed by atoms with Crippen molar-refractivity contribution in [1.29, 1.82) is 0 Å². The molecule has 6 nitrogen and oxygen atoms in total. The van der Waals surface area contributed by atoms with E-state index in [1.54, 1.807) is 6.92 Å². The third-order valence-electron chi connectivity index (χ3n) is 5.30. The van der Waals surface area contributed by atoms with Gasteiger partial charge in [0.15, 0.2) is 4.58 Å². The van der Waals surface area contributed by atoms with Crippen LogP contribution in [0.4, 0.5) is 26.3 Å². The van der Waals surface area contributed by atoms with E-state index < -0.39 is 65.1 Å². The summed E-state index contributed by atoms with van der Waals surface area (Å²) < 4.78 is 128. The molecule has 0 aromatic rings. The summed E-state index contributed by atoms with van der Waals surface area (Å²) in [5, 5.41) is 0. The van der Waals surface area contributed by atoms with Crippen molar-refractivity contribution in [3.05, 3.63) is 0 Å². The monoisotopic (exact) mass is 490 g/mol. The van der Waals surface area contributed by atoms with Gasteiger partial charge in [-0.2, -0.15) is 26.3 Å². The average Bonchev–Trinajstić information content (AvgIpc) is 2.78. The number of halogens is 6. The summed E-state index contributed by atoms with van der Waals surface area (Å²) >= 11 is 0. The van der Waals surface area contributed by atoms with Crippen molar-refractivity contribution in [2.24, 2.45) is 11.3 Å². The Bertz CT molecular complexity index is 785. The van der Waals surface area contributed by atoms with Crippen LogP contribution in [-0.4, -0.2) is 44.5 Å². The van der Waals surface area contributed by atoms with Crippen LogP contribution in [0.3, 0.4) is 0 Å². The zero-order valence-electron chi connectivity index (χ0n) is 16.5. The highest BCUT2D eigenvalue weighted by Crippen LogP contribution is 2.44. The number of alkyl halides is 6. The minimum absolute atomic E-state index is 0.0207. The van der Waals surface area contributed by atoms with E-state index in [1.807, 2.05) is 0 Å². The molecule has 0 aromatic heterocycles. The smallest absolute Gasteiger partial charge is 0.462 e. The lowest BCUT2D eigenvalue weighted by Gasteiger charge is -2.34. The molecule has 1 fully saturated rings. The zero-order valence-corrected chi connectivity index (χ0v) is 18.1. The standard InChI is InChI=1S/C16H24F6O6S2/c1-4-14(2,3)13(23)28-11-9-7-5-6-8-10(11)12(29(24,25)15(17,18)19)30(26,27)16(20,21)22/h10-12H,4-9H2,1-3H3. The first kappa shape index (κ1) is 27.0. The van der Waals surface area contributed by atoms with Crippen molar-refractivity contribution in [2.45, 2.75) is 81.0 Å². The first-order valence-corrected chi connectivity index (χ1v) is 12.2. The van der Waals surface area contributed by atoms with E-state index >= 15 is 0 Å². The molecular formula is C16H24F6O6S2. The van der Waals surface area contributed by atoms with Crippen LogP contribution in [0.15, 0.2) is 0 Å². The quantitative estimate of drug-likeness (QED) is 0.316. The molecule has 0 aromatic carbocycles. The van der Waals surface area contributed by atoms with Gasteiger partial charge in [-0.25, -0.2) is 16.8 Å². The highest BCUT2D eigenvalue weighted by Gasteiger charge is 2.66. The molecule has 1 rings (SSSR count). The van der Waals surface area contributed by atoms with E-state index in [9.17, 15) is 48.0 Å². The predicted octanol–water partition coefficient (Wildman–Crippen LogP) is 4.11. The maximum absolute atomic E-state index is 13.2. The Labute approximate surface area is 171 Å². The molecule has 14 heteroatoms. The third kappa shape index (κ3) is 5.40. The molecule has 178 valence electrons. The second kappa shape index (κ2) is 8.83. The Kier molecular flexibility index (Phi) is 7.94. The summed E-state index contributed by atoms with van der Waals surface area (Å²) in [5.74, 6) is -3.18. The van der Waals surface area contributed by atoms with Gasteiger partial charge in [0, 0.05) is 5.92 Å². The molecule has 0 N–H and O–H groups in total. The van der Waals surface area contributed by atoms with Gasteiger partial charge in [0.1, 0.15) is 6.10 Å². The molecule has 2 atom stereocenters. The molecule has 0 radical (unpaired) electrons. The Morgan fingerprint density at radius 1 is 0.900 bits per heavy atom. The van der Waals surface area contributed by atoms with Gasteiger partial charge in [0.05, 0.1) is 5.41 Å². The number of esters is 1. The topological polar surface area (TPSA) is 94.6 Å². The van der Waals surface area contributed by atoms with E-state index in [0.717, 1.165) is 0 Å². The van der Waals surface area contributed by atoms with E-state index in [1.165, 1.54) is 13.8 Å². The summed E-state index contributed by atoms with van der Waals surface area (Å²) in [6.07, 6.45) is -1.88. The second-order valence-corrected chi connectivity index (χ2v) is 12.3. The van der Waals surface area contributed by atoms with Crippen LogP contribution in [0.5, 0.6) is 0 Å². The van der Waals surface area contributed by atoms with Gasteiger partial charge in [0.25, 0.3) is 19.7 Å². The molecular weight excluding hydrogens is 466 g/mol. The minimum Gasteiger partial charge on any atom is -0.462 e. The molecule has 0 bridgehead atoms. The van der Waals surface area contributed by atoms with E-state index in [2.05, 4.69) is 0 Å². The molecule has 30 heavy (non-hydrogen) atoms. The number of sulfone groups is 2. The Balaban J connectivity index is 3.63. The fourth-order valence-corrected chi connectivity index (χ4v) is 7.15. The summed E-state index contributed by atoms with van der Waals surface area (Å²) in [4.78, 5) is 12.4. The largest absolute Gasteiger partial charge is 0.498 e. The summed E-state index contributed by atoms with van der Waals surface area (Å²) in [6.45, 7) is 4.45. The molecule has 0 amide bonds. The number of carbonyl (C=O) groups excluding carboxylic acids is 1. The predicted molar refractivity (Wildman–Crippen MR) is 94.3 cm³/mol. The van der Waals surface area contributed by atoms with Gasteiger partial charge < -0.3 is 4.74 Å². The second-order valence-electron chi connectivity index (χ2n) is 7.83. The van der Waals surface area contributed by atoms with Crippen LogP contribution >= 0.6 is 0 Å². The van der Waals surface area contributed by atoms with Crippen LogP contribution < -0.4 is 0 Å². The van der Waals surface area contributed by atoms with Crippen molar-refractivity contribution < 1.29 is 52.7 Å². The molecule has 2 unspecified atom stereocenters. The lowest BCUT2D eigenvalue weighted by molar-refractivity contribution is -0.162. The average molecular weight is 490 g/mol. The summed E-state index contributed by atoms with van der Waals surface area (Å²) in [5.41, 5.74) is -13.7. The number of hydrogen-bond acceptors (Lipinski definition) is 6. The van der Waals surface area contributed by atoms with E-state index in [0.29, 0.717) is 6.42 Å². The van der Waals surface area contributed by atoms with Crippen LogP contribution in [0.2, 0.25) is 0 Å². The highest BCUT2D eigenvalue weighted by molar-refractivity contribution is 8.09. The molecule has 1 aliphatic rings. The molecule has 0 heterocycles. The SMILES string of the molecule is CCC(C)(C)C(=O)OC1CCCCCC1C(S(=O)(=O)C(F)(F)F)S(=O)(=O)C(F)(F)F. The maximum Gasteiger partial charge on any atom is 0.498 e. The number of rotatable bonds is 6. The van der Waals surface area contributed by atoms with Crippen LogP contribution in [0, 0.1) is 11.3 Å². The van der Waals surface area contributed by atoms with Crippen molar-refractivity contribution in [2.75, 3.05) is 0 Å². The number of hydrogen-bond donors (Lipinski definition) is 0.